The minimum atomic E-state index is -0.982. The van der Waals surface area contributed by atoms with E-state index in [2.05, 4.69) is 16.0 Å². The summed E-state index contributed by atoms with van der Waals surface area (Å²) in [5.74, 6) is -2.11. The van der Waals surface area contributed by atoms with Gasteiger partial charge in [-0.15, -0.1) is 0 Å². The second kappa shape index (κ2) is 14.8. The monoisotopic (exact) mass is 494 g/mol. The standard InChI is InChI=1S/C24H38N4O7/c1-5-8-17(12-15-26-23(34)35-24(2,3)4)27-18(22(32)33)9-6-7-14-25-19(29)13-16-28-20(30)10-11-21(28)31/h8,10-11,18,27H,5-7,9,12-16H2,1-4H3,(H,25,29)(H,26,34)(H,32,33)/b17-8+. The van der Waals surface area contributed by atoms with Crippen LogP contribution in [0.1, 0.15) is 66.2 Å². The fourth-order valence-electron chi connectivity index (χ4n) is 3.23. The Bertz CT molecular complexity index is 812. The summed E-state index contributed by atoms with van der Waals surface area (Å²) in [6.45, 7) is 7.95. The summed E-state index contributed by atoms with van der Waals surface area (Å²) in [7, 11) is 0. The van der Waals surface area contributed by atoms with Gasteiger partial charge in [0.2, 0.25) is 5.91 Å². The number of imide groups is 1. The van der Waals surface area contributed by atoms with Crippen LogP contribution in [0.3, 0.4) is 0 Å². The number of unbranched alkanes of at least 4 members (excludes halogenated alkanes) is 1. The molecular formula is C24H38N4O7. The van der Waals surface area contributed by atoms with E-state index in [-0.39, 0.29) is 18.9 Å². The Hall–Kier alpha value is -3.37. The third-order valence-corrected chi connectivity index (χ3v) is 4.88. The number of nitrogens with one attached hydrogen (secondary N) is 3. The summed E-state index contributed by atoms with van der Waals surface area (Å²) >= 11 is 0. The number of rotatable bonds is 15. The van der Waals surface area contributed by atoms with Crippen LogP contribution in [0.4, 0.5) is 4.79 Å². The minimum absolute atomic E-state index is 0.0149. The first-order valence-electron chi connectivity index (χ1n) is 11.9. The first-order valence-corrected chi connectivity index (χ1v) is 11.9. The molecule has 0 fully saturated rings. The molecule has 11 nitrogen and oxygen atoms in total. The number of ether oxygens (including phenoxy) is 1. The van der Waals surface area contributed by atoms with Gasteiger partial charge in [-0.25, -0.2) is 9.59 Å². The van der Waals surface area contributed by atoms with Gasteiger partial charge < -0.3 is 25.8 Å². The third-order valence-electron chi connectivity index (χ3n) is 4.88. The molecule has 0 saturated heterocycles. The summed E-state index contributed by atoms with van der Waals surface area (Å²) < 4.78 is 5.19. The number of aliphatic carboxylic acids is 1. The lowest BCUT2D eigenvalue weighted by atomic mass is 10.1. The molecule has 0 aromatic heterocycles. The number of hydrogen-bond donors (Lipinski definition) is 4. The highest BCUT2D eigenvalue weighted by atomic mass is 16.6. The molecule has 0 aromatic rings. The van der Waals surface area contributed by atoms with Crippen LogP contribution in [-0.2, 0) is 23.9 Å². The Morgan fingerprint density at radius 2 is 1.71 bits per heavy atom. The second-order valence-corrected chi connectivity index (χ2v) is 9.11. The van der Waals surface area contributed by atoms with Crippen molar-refractivity contribution in [2.75, 3.05) is 19.6 Å². The van der Waals surface area contributed by atoms with Crippen LogP contribution in [0.25, 0.3) is 0 Å². The largest absolute Gasteiger partial charge is 0.480 e. The number of carboxylic acid groups (broad SMARTS) is 1. The lowest BCUT2D eigenvalue weighted by molar-refractivity contribution is -0.140. The maximum absolute atomic E-state index is 11.9. The highest BCUT2D eigenvalue weighted by Gasteiger charge is 2.23. The van der Waals surface area contributed by atoms with E-state index in [9.17, 15) is 29.1 Å². The van der Waals surface area contributed by atoms with Gasteiger partial charge in [-0.1, -0.05) is 13.0 Å². The van der Waals surface area contributed by atoms with Gasteiger partial charge in [0.1, 0.15) is 11.6 Å². The molecule has 1 aliphatic rings. The zero-order valence-corrected chi connectivity index (χ0v) is 21.0. The number of carbonyl (C=O) groups is 5. The molecule has 1 unspecified atom stereocenters. The Labute approximate surface area is 206 Å². The fourth-order valence-corrected chi connectivity index (χ4v) is 3.23. The van der Waals surface area contributed by atoms with Gasteiger partial charge in [0.05, 0.1) is 0 Å². The molecule has 0 bridgehead atoms. The molecule has 11 heteroatoms. The summed E-state index contributed by atoms with van der Waals surface area (Å²) in [6, 6.07) is -0.801. The predicted octanol–water partition coefficient (Wildman–Crippen LogP) is 1.84. The molecule has 1 rings (SSSR count). The normalized spacial score (nSPS) is 14.6. The highest BCUT2D eigenvalue weighted by Crippen LogP contribution is 2.09. The molecule has 0 saturated carbocycles. The number of amides is 4. The Kier molecular flexibility index (Phi) is 12.5. The summed E-state index contributed by atoms with van der Waals surface area (Å²) in [5.41, 5.74) is 0.131. The van der Waals surface area contributed by atoms with Crippen molar-refractivity contribution in [1.82, 2.24) is 20.9 Å². The Balaban J connectivity index is 2.34. The molecule has 1 heterocycles. The van der Waals surface area contributed by atoms with Crippen molar-refractivity contribution < 1.29 is 33.8 Å². The molecule has 0 aromatic carbocycles. The SMILES string of the molecule is CC/C=C(\CCNC(=O)OC(C)(C)C)NC(CCCCNC(=O)CCN1C(=O)C=CC1=O)C(=O)O. The molecule has 4 amide bonds. The van der Waals surface area contributed by atoms with Crippen molar-refractivity contribution in [1.29, 1.82) is 0 Å². The van der Waals surface area contributed by atoms with Crippen molar-refractivity contribution in [3.8, 4) is 0 Å². The van der Waals surface area contributed by atoms with Crippen molar-refractivity contribution in [2.45, 2.75) is 77.9 Å². The summed E-state index contributed by atoms with van der Waals surface area (Å²) in [4.78, 5) is 59.4. The average molecular weight is 495 g/mol. The third kappa shape index (κ3) is 12.6. The van der Waals surface area contributed by atoms with Crippen LogP contribution in [-0.4, -0.2) is 71.1 Å². The van der Waals surface area contributed by atoms with E-state index >= 15 is 0 Å². The van der Waals surface area contributed by atoms with Gasteiger partial charge in [0.25, 0.3) is 11.8 Å². The van der Waals surface area contributed by atoms with Gasteiger partial charge in [0, 0.05) is 50.3 Å². The molecule has 35 heavy (non-hydrogen) atoms. The second-order valence-electron chi connectivity index (χ2n) is 9.11. The molecule has 0 spiro atoms. The van der Waals surface area contributed by atoms with Crippen molar-refractivity contribution >= 4 is 29.8 Å². The summed E-state index contributed by atoms with van der Waals surface area (Å²) in [5, 5.41) is 18.0. The zero-order chi connectivity index (χ0) is 26.4. The molecule has 196 valence electrons. The van der Waals surface area contributed by atoms with E-state index < -0.39 is 35.5 Å². The van der Waals surface area contributed by atoms with Crippen LogP contribution in [0.15, 0.2) is 23.9 Å². The molecular weight excluding hydrogens is 456 g/mol. The zero-order valence-electron chi connectivity index (χ0n) is 21.0. The van der Waals surface area contributed by atoms with Gasteiger partial charge in [-0.3, -0.25) is 19.3 Å². The van der Waals surface area contributed by atoms with Crippen LogP contribution >= 0.6 is 0 Å². The quantitative estimate of drug-likeness (QED) is 0.199. The maximum atomic E-state index is 11.9. The highest BCUT2D eigenvalue weighted by molar-refractivity contribution is 6.13. The number of nitrogens with zero attached hydrogens (tertiary/aromatic N) is 1. The smallest absolute Gasteiger partial charge is 0.407 e. The van der Waals surface area contributed by atoms with E-state index in [0.717, 1.165) is 10.6 Å². The van der Waals surface area contributed by atoms with Crippen LogP contribution in [0, 0.1) is 0 Å². The topological polar surface area (TPSA) is 154 Å². The molecule has 4 N–H and O–H groups in total. The summed E-state index contributed by atoms with van der Waals surface area (Å²) in [6.07, 6.45) is 6.36. The first-order chi connectivity index (χ1) is 16.4. The van der Waals surface area contributed by atoms with Crippen molar-refractivity contribution in [2.24, 2.45) is 0 Å². The van der Waals surface area contributed by atoms with E-state index in [1.807, 2.05) is 13.0 Å². The number of hydrogen-bond acceptors (Lipinski definition) is 7. The lowest BCUT2D eigenvalue weighted by Gasteiger charge is -2.21. The number of alkyl carbamates (subject to hydrolysis) is 1. The van der Waals surface area contributed by atoms with Crippen LogP contribution in [0.2, 0.25) is 0 Å². The molecule has 0 radical (unpaired) electrons. The maximum Gasteiger partial charge on any atom is 0.407 e. The van der Waals surface area contributed by atoms with Gasteiger partial charge in [0.15, 0.2) is 0 Å². The average Bonchev–Trinajstić information content (AvgIpc) is 3.06. The van der Waals surface area contributed by atoms with E-state index in [1.165, 1.54) is 12.2 Å². The molecule has 1 aliphatic heterocycles. The van der Waals surface area contributed by atoms with E-state index in [0.29, 0.717) is 45.2 Å². The lowest BCUT2D eigenvalue weighted by Crippen LogP contribution is -2.38. The molecule has 0 aliphatic carbocycles. The first kappa shape index (κ1) is 29.7. The van der Waals surface area contributed by atoms with E-state index in [4.69, 9.17) is 4.74 Å². The Morgan fingerprint density at radius 3 is 2.29 bits per heavy atom. The van der Waals surface area contributed by atoms with Gasteiger partial charge in [-0.2, -0.15) is 0 Å². The van der Waals surface area contributed by atoms with Crippen molar-refractivity contribution in [3.63, 3.8) is 0 Å². The fraction of sp³-hybridized carbons (Fsp3) is 0.625. The number of carboxylic acids is 1. The van der Waals surface area contributed by atoms with Crippen molar-refractivity contribution in [3.05, 3.63) is 23.9 Å². The number of allylic oxidation sites excluding steroid dienone is 1. The van der Waals surface area contributed by atoms with Gasteiger partial charge in [-0.05, 0) is 46.5 Å². The van der Waals surface area contributed by atoms with Crippen LogP contribution < -0.4 is 16.0 Å². The van der Waals surface area contributed by atoms with Gasteiger partial charge >= 0.3 is 12.1 Å². The Morgan fingerprint density at radius 1 is 1.06 bits per heavy atom. The predicted molar refractivity (Wildman–Crippen MR) is 129 cm³/mol. The molecule has 1 atom stereocenters. The van der Waals surface area contributed by atoms with Crippen LogP contribution in [0.5, 0.6) is 0 Å². The minimum Gasteiger partial charge on any atom is -0.480 e. The van der Waals surface area contributed by atoms with E-state index in [1.54, 1.807) is 20.8 Å². The number of carbonyl (C=O) groups excluding carboxylic acids is 4.